The van der Waals surface area contributed by atoms with Crippen LogP contribution in [0, 0.1) is 0 Å². The number of hydrazine groups is 1. The minimum absolute atomic E-state index is 0.0999. The van der Waals surface area contributed by atoms with Gasteiger partial charge >= 0.3 is 0 Å². The second-order valence-corrected chi connectivity index (χ2v) is 8.19. The maximum atomic E-state index is 12.3. The van der Waals surface area contributed by atoms with Crippen molar-refractivity contribution in [3.05, 3.63) is 52.3 Å². The zero-order valence-electron chi connectivity index (χ0n) is 13.7. The smallest absolute Gasteiger partial charge is 0.282 e. The molecular weight excluding hydrogens is 394 g/mol. The summed E-state index contributed by atoms with van der Waals surface area (Å²) in [4.78, 5) is 14.3. The number of hydrogen-bond acceptors (Lipinski definition) is 3. The van der Waals surface area contributed by atoms with Crippen molar-refractivity contribution in [2.45, 2.75) is 31.1 Å². The van der Waals surface area contributed by atoms with Crippen molar-refractivity contribution < 1.29 is 13.2 Å². The maximum Gasteiger partial charge on any atom is 0.282 e. The van der Waals surface area contributed by atoms with E-state index in [9.17, 15) is 13.2 Å². The van der Waals surface area contributed by atoms with E-state index in [0.29, 0.717) is 11.6 Å². The van der Waals surface area contributed by atoms with Gasteiger partial charge in [-0.05, 0) is 52.0 Å². The lowest BCUT2D eigenvalue weighted by Gasteiger charge is -2.11. The van der Waals surface area contributed by atoms with Crippen LogP contribution in [-0.2, 0) is 17.1 Å². The summed E-state index contributed by atoms with van der Waals surface area (Å²) < 4.78 is 26.9. The molecule has 1 amide bonds. The first-order valence-electron chi connectivity index (χ1n) is 7.48. The Morgan fingerprint density at radius 1 is 1.29 bits per heavy atom. The van der Waals surface area contributed by atoms with E-state index >= 15 is 0 Å². The Morgan fingerprint density at radius 2 is 1.92 bits per heavy atom. The number of sulfonamides is 1. The van der Waals surface area contributed by atoms with Crippen molar-refractivity contribution in [1.29, 1.82) is 0 Å². The predicted molar refractivity (Wildman–Crippen MR) is 96.0 cm³/mol. The van der Waals surface area contributed by atoms with Crippen molar-refractivity contribution in [3.63, 3.8) is 0 Å². The number of nitrogens with one attached hydrogen (secondary N) is 2. The van der Waals surface area contributed by atoms with Crippen LogP contribution in [0.2, 0.25) is 0 Å². The molecule has 2 rings (SSSR count). The minimum Gasteiger partial charge on any atom is -0.345 e. The van der Waals surface area contributed by atoms with E-state index in [1.807, 2.05) is 0 Å². The zero-order chi connectivity index (χ0) is 17.9. The summed E-state index contributed by atoms with van der Waals surface area (Å²) in [7, 11) is -2.13. The lowest BCUT2D eigenvalue weighted by molar-refractivity contribution is 0.0937. The number of carbonyl (C=O) groups is 1. The third-order valence-electron chi connectivity index (χ3n) is 3.87. The van der Waals surface area contributed by atoms with Gasteiger partial charge in [0, 0.05) is 17.7 Å². The van der Waals surface area contributed by atoms with Gasteiger partial charge in [0.15, 0.2) is 0 Å². The van der Waals surface area contributed by atoms with E-state index in [0.717, 1.165) is 16.5 Å². The highest BCUT2D eigenvalue weighted by molar-refractivity contribution is 9.10. The quantitative estimate of drug-likeness (QED) is 0.714. The van der Waals surface area contributed by atoms with E-state index < -0.39 is 15.9 Å². The van der Waals surface area contributed by atoms with Crippen LogP contribution in [0.1, 0.15) is 42.2 Å². The monoisotopic (exact) mass is 413 g/mol. The fourth-order valence-corrected chi connectivity index (χ4v) is 3.56. The Balaban J connectivity index is 2.08. The molecule has 130 valence electrons. The highest BCUT2D eigenvalue weighted by Crippen LogP contribution is 2.20. The van der Waals surface area contributed by atoms with Crippen LogP contribution in [-0.4, -0.2) is 18.9 Å². The number of carbonyl (C=O) groups excluding carboxylic acids is 1. The molecule has 0 spiro atoms. The first kappa shape index (κ1) is 18.7. The second kappa shape index (κ2) is 7.50. The molecule has 1 aromatic heterocycles. The van der Waals surface area contributed by atoms with Crippen LogP contribution in [0.15, 0.2) is 45.9 Å². The van der Waals surface area contributed by atoms with Gasteiger partial charge in [0.05, 0.1) is 4.90 Å². The van der Waals surface area contributed by atoms with Crippen LogP contribution in [0.3, 0.4) is 0 Å². The first-order valence-corrected chi connectivity index (χ1v) is 9.76. The standard InChI is InChI=1S/C16H20BrN3O3S/c1-4-11(2)12-5-7-14(8-6-12)24(22,23)19-18-16(21)15-9-13(17)10-20(15)3/h5-11,19H,4H2,1-3H3,(H,18,21). The summed E-state index contributed by atoms with van der Waals surface area (Å²) in [6, 6.07) is 8.26. The molecule has 0 bridgehead atoms. The number of rotatable bonds is 6. The van der Waals surface area contributed by atoms with E-state index in [1.54, 1.807) is 36.0 Å². The molecule has 1 heterocycles. The first-order chi connectivity index (χ1) is 11.2. The van der Waals surface area contributed by atoms with Gasteiger partial charge in [-0.2, -0.15) is 0 Å². The Kier molecular flexibility index (Phi) is 5.84. The Bertz CT molecular complexity index is 829. The fourth-order valence-electron chi connectivity index (χ4n) is 2.20. The molecule has 8 heteroatoms. The normalized spacial score (nSPS) is 12.8. The number of hydrogen-bond donors (Lipinski definition) is 2. The molecule has 6 nitrogen and oxygen atoms in total. The molecule has 0 aliphatic rings. The number of amides is 1. The number of aromatic nitrogens is 1. The van der Waals surface area contributed by atoms with E-state index in [1.165, 1.54) is 12.1 Å². The van der Waals surface area contributed by atoms with Crippen molar-refractivity contribution in [2.75, 3.05) is 0 Å². The summed E-state index contributed by atoms with van der Waals surface area (Å²) in [5, 5.41) is 0. The number of benzene rings is 1. The number of halogens is 1. The number of nitrogens with zero attached hydrogens (tertiary/aromatic N) is 1. The lowest BCUT2D eigenvalue weighted by Crippen LogP contribution is -2.42. The van der Waals surface area contributed by atoms with Crippen LogP contribution < -0.4 is 10.3 Å². The molecule has 24 heavy (non-hydrogen) atoms. The van der Waals surface area contributed by atoms with Gasteiger partial charge < -0.3 is 4.57 Å². The molecule has 1 atom stereocenters. The Morgan fingerprint density at radius 3 is 2.42 bits per heavy atom. The minimum atomic E-state index is -3.82. The topological polar surface area (TPSA) is 80.2 Å². The maximum absolute atomic E-state index is 12.3. The second-order valence-electron chi connectivity index (χ2n) is 5.59. The van der Waals surface area contributed by atoms with Gasteiger partial charge in [0.1, 0.15) is 5.69 Å². The Labute approximate surface area is 150 Å². The molecule has 0 saturated carbocycles. The van der Waals surface area contributed by atoms with Crippen LogP contribution in [0.5, 0.6) is 0 Å². The summed E-state index contributed by atoms with van der Waals surface area (Å²) in [5.74, 6) is -0.173. The van der Waals surface area contributed by atoms with Crippen LogP contribution in [0.4, 0.5) is 0 Å². The summed E-state index contributed by atoms with van der Waals surface area (Å²) in [6.07, 6.45) is 2.68. The lowest BCUT2D eigenvalue weighted by atomic mass is 9.99. The molecule has 0 aliphatic heterocycles. The number of aryl methyl sites for hydroxylation is 1. The molecule has 2 aromatic rings. The van der Waals surface area contributed by atoms with E-state index in [2.05, 4.69) is 40.0 Å². The predicted octanol–water partition coefficient (Wildman–Crippen LogP) is 2.92. The average molecular weight is 414 g/mol. The molecule has 2 N–H and O–H groups in total. The molecular formula is C16H20BrN3O3S. The van der Waals surface area contributed by atoms with Crippen LogP contribution in [0.25, 0.3) is 0 Å². The SMILES string of the molecule is CCC(C)c1ccc(S(=O)(=O)NNC(=O)c2cc(Br)cn2C)cc1. The average Bonchev–Trinajstić information content (AvgIpc) is 2.90. The Hall–Kier alpha value is -1.64. The van der Waals surface area contributed by atoms with Gasteiger partial charge in [0.2, 0.25) is 0 Å². The molecule has 1 aromatic carbocycles. The fraction of sp³-hybridized carbons (Fsp3) is 0.312. The van der Waals surface area contributed by atoms with Crippen LogP contribution >= 0.6 is 15.9 Å². The molecule has 0 saturated heterocycles. The van der Waals surface area contributed by atoms with Gasteiger partial charge in [-0.25, -0.2) is 8.42 Å². The third-order valence-corrected chi connectivity index (χ3v) is 5.57. The highest BCUT2D eigenvalue weighted by atomic mass is 79.9. The van der Waals surface area contributed by atoms with Crippen molar-refractivity contribution >= 4 is 31.9 Å². The molecule has 0 fully saturated rings. The van der Waals surface area contributed by atoms with Gasteiger partial charge in [-0.3, -0.25) is 10.2 Å². The van der Waals surface area contributed by atoms with Crippen molar-refractivity contribution in [2.24, 2.45) is 7.05 Å². The highest BCUT2D eigenvalue weighted by Gasteiger charge is 2.17. The summed E-state index contributed by atoms with van der Waals surface area (Å²) >= 11 is 3.26. The van der Waals surface area contributed by atoms with E-state index in [4.69, 9.17) is 0 Å². The van der Waals surface area contributed by atoms with Crippen molar-refractivity contribution in [3.8, 4) is 0 Å². The molecule has 1 unspecified atom stereocenters. The molecule has 0 aliphatic carbocycles. The van der Waals surface area contributed by atoms with Gasteiger partial charge in [-0.15, -0.1) is 4.83 Å². The van der Waals surface area contributed by atoms with E-state index in [-0.39, 0.29) is 4.90 Å². The zero-order valence-corrected chi connectivity index (χ0v) is 16.1. The third kappa shape index (κ3) is 4.25. The summed E-state index contributed by atoms with van der Waals surface area (Å²) in [6.45, 7) is 4.16. The van der Waals surface area contributed by atoms with Crippen molar-refractivity contribution in [1.82, 2.24) is 14.8 Å². The van der Waals surface area contributed by atoms with Gasteiger partial charge in [0.25, 0.3) is 15.9 Å². The van der Waals surface area contributed by atoms with Gasteiger partial charge in [-0.1, -0.05) is 26.0 Å². The largest absolute Gasteiger partial charge is 0.345 e. The molecule has 0 radical (unpaired) electrons. The summed E-state index contributed by atoms with van der Waals surface area (Å²) in [5.41, 5.74) is 3.63.